The van der Waals surface area contributed by atoms with E-state index < -0.39 is 0 Å². The van der Waals surface area contributed by atoms with Crippen LogP contribution in [0.5, 0.6) is 0 Å². The van der Waals surface area contributed by atoms with Crippen LogP contribution in [0.2, 0.25) is 0 Å². The van der Waals surface area contributed by atoms with Crippen LogP contribution >= 0.6 is 0 Å². The predicted molar refractivity (Wildman–Crippen MR) is 112 cm³/mol. The Bertz CT molecular complexity index is 1000. The first kappa shape index (κ1) is 19.2. The number of aromatic amines is 1. The minimum Gasteiger partial charge on any atom is -0.347 e. The molecule has 0 bridgehead atoms. The number of rotatable bonds is 5. The summed E-state index contributed by atoms with van der Waals surface area (Å²) in [5, 5.41) is 0. The SMILES string of the molecule is CN(C)c1ncc(CN2CCCC(c3cc(=O)[nH]c(-c4ccncc4)n3)C2)cn1. The molecule has 8 nitrogen and oxygen atoms in total. The Balaban J connectivity index is 1.50. The van der Waals surface area contributed by atoms with Crippen molar-refractivity contribution in [3.63, 3.8) is 0 Å². The smallest absolute Gasteiger partial charge is 0.251 e. The molecule has 150 valence electrons. The number of hydrogen-bond donors (Lipinski definition) is 1. The largest absolute Gasteiger partial charge is 0.347 e. The Morgan fingerprint density at radius 1 is 1.21 bits per heavy atom. The molecule has 3 aromatic heterocycles. The third kappa shape index (κ3) is 4.65. The second-order valence-electron chi connectivity index (χ2n) is 7.61. The van der Waals surface area contributed by atoms with E-state index in [2.05, 4.69) is 24.8 Å². The molecule has 4 heterocycles. The lowest BCUT2D eigenvalue weighted by Gasteiger charge is -2.32. The number of nitrogens with one attached hydrogen (secondary N) is 1. The van der Waals surface area contributed by atoms with Crippen molar-refractivity contribution in [2.24, 2.45) is 0 Å². The zero-order chi connectivity index (χ0) is 20.2. The molecule has 1 aliphatic rings. The van der Waals surface area contributed by atoms with E-state index in [1.54, 1.807) is 18.5 Å². The molecule has 0 aliphatic carbocycles. The van der Waals surface area contributed by atoms with Crippen LogP contribution in [0.25, 0.3) is 11.4 Å². The first-order valence-electron chi connectivity index (χ1n) is 9.81. The van der Waals surface area contributed by atoms with E-state index >= 15 is 0 Å². The van der Waals surface area contributed by atoms with E-state index in [9.17, 15) is 4.79 Å². The van der Waals surface area contributed by atoms with Gasteiger partial charge in [-0.25, -0.2) is 15.0 Å². The summed E-state index contributed by atoms with van der Waals surface area (Å²) >= 11 is 0. The molecule has 0 radical (unpaired) electrons. The van der Waals surface area contributed by atoms with Crippen LogP contribution in [0.1, 0.15) is 30.0 Å². The zero-order valence-corrected chi connectivity index (χ0v) is 16.7. The minimum absolute atomic E-state index is 0.119. The van der Waals surface area contributed by atoms with Gasteiger partial charge in [-0.05, 0) is 31.5 Å². The highest BCUT2D eigenvalue weighted by Crippen LogP contribution is 2.27. The second-order valence-corrected chi connectivity index (χ2v) is 7.61. The lowest BCUT2D eigenvalue weighted by Crippen LogP contribution is -2.34. The van der Waals surface area contributed by atoms with E-state index in [0.717, 1.165) is 49.3 Å². The van der Waals surface area contributed by atoms with E-state index in [4.69, 9.17) is 4.98 Å². The summed E-state index contributed by atoms with van der Waals surface area (Å²) in [4.78, 5) is 37.0. The van der Waals surface area contributed by atoms with Gasteiger partial charge in [-0.2, -0.15) is 0 Å². The van der Waals surface area contributed by atoms with Crippen LogP contribution in [0.3, 0.4) is 0 Å². The maximum atomic E-state index is 12.2. The van der Waals surface area contributed by atoms with Gasteiger partial charge >= 0.3 is 0 Å². The summed E-state index contributed by atoms with van der Waals surface area (Å²) in [6.45, 7) is 2.68. The predicted octanol–water partition coefficient (Wildman–Crippen LogP) is 2.07. The number of piperidine rings is 1. The van der Waals surface area contributed by atoms with Gasteiger partial charge in [-0.1, -0.05) is 0 Å². The van der Waals surface area contributed by atoms with Crippen molar-refractivity contribution >= 4 is 5.95 Å². The van der Waals surface area contributed by atoms with Crippen LogP contribution in [0, 0.1) is 0 Å². The monoisotopic (exact) mass is 391 g/mol. The molecule has 0 spiro atoms. The number of nitrogens with zero attached hydrogens (tertiary/aromatic N) is 6. The van der Waals surface area contributed by atoms with Gasteiger partial charge < -0.3 is 9.88 Å². The summed E-state index contributed by atoms with van der Waals surface area (Å²) in [6, 6.07) is 5.34. The Morgan fingerprint density at radius 2 is 1.97 bits per heavy atom. The number of likely N-dealkylation sites (tertiary alicyclic amines) is 1. The molecule has 0 aromatic carbocycles. The maximum Gasteiger partial charge on any atom is 0.251 e. The molecule has 1 unspecified atom stereocenters. The molecule has 1 atom stereocenters. The van der Waals surface area contributed by atoms with Crippen molar-refractivity contribution in [2.45, 2.75) is 25.3 Å². The standard InChI is InChI=1S/C21H25N7O/c1-27(2)21-23-11-15(12-24-21)13-28-9-3-4-17(14-28)18-10-19(29)26-20(25-18)16-5-7-22-8-6-16/h5-8,10-12,17H,3-4,9,13-14H2,1-2H3,(H,25,26,29). The molecular formula is C21H25N7O. The Kier molecular flexibility index (Phi) is 5.62. The molecule has 1 aliphatic heterocycles. The summed E-state index contributed by atoms with van der Waals surface area (Å²) in [7, 11) is 3.86. The highest BCUT2D eigenvalue weighted by atomic mass is 16.1. The van der Waals surface area contributed by atoms with Crippen molar-refractivity contribution in [3.8, 4) is 11.4 Å². The molecule has 1 N–H and O–H groups in total. The molecule has 4 rings (SSSR count). The van der Waals surface area contributed by atoms with Crippen molar-refractivity contribution in [3.05, 3.63) is 64.6 Å². The van der Waals surface area contributed by atoms with Gasteiger partial charge in [0.2, 0.25) is 5.95 Å². The fourth-order valence-electron chi connectivity index (χ4n) is 3.69. The molecule has 0 saturated carbocycles. The quantitative estimate of drug-likeness (QED) is 0.712. The third-order valence-electron chi connectivity index (χ3n) is 5.14. The third-order valence-corrected chi connectivity index (χ3v) is 5.14. The average Bonchev–Trinajstić information content (AvgIpc) is 2.74. The molecule has 1 fully saturated rings. The van der Waals surface area contributed by atoms with Gasteiger partial charge in [-0.3, -0.25) is 14.7 Å². The highest BCUT2D eigenvalue weighted by molar-refractivity contribution is 5.53. The van der Waals surface area contributed by atoms with Gasteiger partial charge in [-0.15, -0.1) is 0 Å². The van der Waals surface area contributed by atoms with Gasteiger partial charge in [0, 0.05) is 75.1 Å². The molecule has 0 amide bonds. The van der Waals surface area contributed by atoms with Gasteiger partial charge in [0.25, 0.3) is 5.56 Å². The Morgan fingerprint density at radius 3 is 2.69 bits per heavy atom. The van der Waals surface area contributed by atoms with Crippen LogP contribution in [0.15, 0.2) is 47.8 Å². The topological polar surface area (TPSA) is 90.9 Å². The first-order chi connectivity index (χ1) is 14.1. The van der Waals surface area contributed by atoms with E-state index in [-0.39, 0.29) is 11.5 Å². The number of pyridine rings is 1. The van der Waals surface area contributed by atoms with Crippen molar-refractivity contribution < 1.29 is 0 Å². The number of hydrogen-bond acceptors (Lipinski definition) is 7. The molecule has 29 heavy (non-hydrogen) atoms. The van der Waals surface area contributed by atoms with Gasteiger partial charge in [0.05, 0.1) is 5.69 Å². The summed E-state index contributed by atoms with van der Waals surface area (Å²) < 4.78 is 0. The van der Waals surface area contributed by atoms with Crippen molar-refractivity contribution in [2.75, 3.05) is 32.1 Å². The summed E-state index contributed by atoms with van der Waals surface area (Å²) in [6.07, 6.45) is 9.28. The van der Waals surface area contributed by atoms with Crippen LogP contribution in [-0.2, 0) is 6.54 Å². The normalized spacial score (nSPS) is 17.2. The maximum absolute atomic E-state index is 12.2. The number of anilines is 1. The number of H-pyrrole nitrogens is 1. The Labute approximate surface area is 169 Å². The van der Waals surface area contributed by atoms with E-state index in [1.165, 1.54) is 0 Å². The summed E-state index contributed by atoms with van der Waals surface area (Å²) in [5.41, 5.74) is 2.69. The molecular weight excluding hydrogens is 366 g/mol. The number of aromatic nitrogens is 5. The Hall–Kier alpha value is -3.13. The van der Waals surface area contributed by atoms with Crippen LogP contribution in [-0.4, -0.2) is 57.0 Å². The van der Waals surface area contributed by atoms with Crippen molar-refractivity contribution in [1.29, 1.82) is 0 Å². The van der Waals surface area contributed by atoms with E-state index in [1.807, 2.05) is 43.5 Å². The molecule has 3 aromatic rings. The lowest BCUT2D eigenvalue weighted by atomic mass is 9.94. The summed E-state index contributed by atoms with van der Waals surface area (Å²) in [5.74, 6) is 1.54. The van der Waals surface area contributed by atoms with Gasteiger partial charge in [0.1, 0.15) is 5.82 Å². The van der Waals surface area contributed by atoms with Crippen molar-refractivity contribution in [1.82, 2.24) is 29.8 Å². The van der Waals surface area contributed by atoms with Crippen LogP contribution in [0.4, 0.5) is 5.95 Å². The average molecular weight is 391 g/mol. The minimum atomic E-state index is -0.119. The van der Waals surface area contributed by atoms with Crippen LogP contribution < -0.4 is 10.5 Å². The first-order valence-corrected chi connectivity index (χ1v) is 9.81. The van der Waals surface area contributed by atoms with E-state index in [0.29, 0.717) is 11.8 Å². The fraction of sp³-hybridized carbons (Fsp3) is 0.381. The fourth-order valence-corrected chi connectivity index (χ4v) is 3.69. The molecule has 1 saturated heterocycles. The second kappa shape index (κ2) is 8.48. The van der Waals surface area contributed by atoms with Gasteiger partial charge in [0.15, 0.2) is 0 Å². The zero-order valence-electron chi connectivity index (χ0n) is 16.7. The highest BCUT2D eigenvalue weighted by Gasteiger charge is 2.23. The molecule has 8 heteroatoms. The lowest BCUT2D eigenvalue weighted by molar-refractivity contribution is 0.198.